The van der Waals surface area contributed by atoms with Crippen LogP contribution in [0.4, 0.5) is 14.5 Å². The highest BCUT2D eigenvalue weighted by atomic mass is 19.3. The van der Waals surface area contributed by atoms with Gasteiger partial charge in [-0.05, 0) is 48.4 Å². The summed E-state index contributed by atoms with van der Waals surface area (Å²) in [6, 6.07) is 13.8. The summed E-state index contributed by atoms with van der Waals surface area (Å²) >= 11 is 0. The van der Waals surface area contributed by atoms with Gasteiger partial charge in [-0.25, -0.2) is 0 Å². The first-order valence-electron chi connectivity index (χ1n) is 9.31. The molecule has 1 aromatic heterocycles. The van der Waals surface area contributed by atoms with Crippen LogP contribution in [0.5, 0.6) is 11.5 Å². The normalized spacial score (nSPS) is 11.1. The summed E-state index contributed by atoms with van der Waals surface area (Å²) in [4.78, 5) is 12.4. The number of anilines is 1. The van der Waals surface area contributed by atoms with Gasteiger partial charge in [-0.15, -0.1) is 0 Å². The van der Waals surface area contributed by atoms with Crippen molar-refractivity contribution in [2.75, 3.05) is 11.9 Å². The van der Waals surface area contributed by atoms with Crippen LogP contribution in [-0.4, -0.2) is 28.9 Å². The lowest BCUT2D eigenvalue weighted by atomic mass is 10.1. The van der Waals surface area contributed by atoms with E-state index in [1.807, 2.05) is 36.5 Å². The van der Waals surface area contributed by atoms with Gasteiger partial charge in [-0.1, -0.05) is 24.3 Å². The first-order chi connectivity index (χ1) is 14.5. The Hall–Kier alpha value is -3.68. The van der Waals surface area contributed by atoms with Crippen LogP contribution in [-0.2, 0) is 11.3 Å². The lowest BCUT2D eigenvalue weighted by Gasteiger charge is -2.12. The third-order valence-corrected chi connectivity index (χ3v) is 4.08. The smallest absolute Gasteiger partial charge is 0.387 e. The molecular formula is C22H21F2N3O3. The Morgan fingerprint density at radius 3 is 2.77 bits per heavy atom. The van der Waals surface area contributed by atoms with Crippen molar-refractivity contribution in [2.45, 2.75) is 20.1 Å². The fourth-order valence-electron chi connectivity index (χ4n) is 2.78. The van der Waals surface area contributed by atoms with E-state index in [1.165, 1.54) is 18.2 Å². The van der Waals surface area contributed by atoms with Crippen LogP contribution in [0.25, 0.3) is 6.08 Å². The van der Waals surface area contributed by atoms with E-state index in [0.29, 0.717) is 24.4 Å². The van der Waals surface area contributed by atoms with Crippen LogP contribution in [0.15, 0.2) is 67.0 Å². The highest BCUT2D eigenvalue weighted by molar-refractivity contribution is 6.02. The molecule has 3 aromatic rings. The molecule has 0 spiro atoms. The summed E-state index contributed by atoms with van der Waals surface area (Å²) in [5.41, 5.74) is 2.20. The van der Waals surface area contributed by atoms with E-state index in [1.54, 1.807) is 29.9 Å². The molecular weight excluding hydrogens is 392 g/mol. The molecule has 0 bridgehead atoms. The molecule has 0 unspecified atom stereocenters. The van der Waals surface area contributed by atoms with Crippen LogP contribution in [0, 0.1) is 0 Å². The van der Waals surface area contributed by atoms with Gasteiger partial charge in [0.25, 0.3) is 0 Å². The van der Waals surface area contributed by atoms with E-state index < -0.39 is 6.61 Å². The van der Waals surface area contributed by atoms with E-state index in [9.17, 15) is 13.6 Å². The predicted molar refractivity (Wildman–Crippen MR) is 110 cm³/mol. The molecule has 6 nitrogen and oxygen atoms in total. The largest absolute Gasteiger partial charge is 0.490 e. The molecule has 0 aliphatic carbocycles. The summed E-state index contributed by atoms with van der Waals surface area (Å²) in [6.07, 6.45) is 6.47. The van der Waals surface area contributed by atoms with Crippen molar-refractivity contribution < 1.29 is 23.0 Å². The van der Waals surface area contributed by atoms with Crippen molar-refractivity contribution >= 4 is 17.7 Å². The quantitative estimate of drug-likeness (QED) is 0.522. The van der Waals surface area contributed by atoms with Crippen molar-refractivity contribution in [1.82, 2.24) is 9.78 Å². The monoisotopic (exact) mass is 413 g/mol. The predicted octanol–water partition coefficient (Wildman–Crippen LogP) is 4.58. The minimum atomic E-state index is -2.95. The molecule has 1 amide bonds. The number of para-hydroxylation sites is 1. The summed E-state index contributed by atoms with van der Waals surface area (Å²) in [5, 5.41) is 7.03. The van der Waals surface area contributed by atoms with Crippen LogP contribution in [0.2, 0.25) is 0 Å². The fraction of sp³-hybridized carbons (Fsp3) is 0.182. The van der Waals surface area contributed by atoms with Gasteiger partial charge in [0.15, 0.2) is 11.5 Å². The van der Waals surface area contributed by atoms with Gasteiger partial charge >= 0.3 is 6.61 Å². The highest BCUT2D eigenvalue weighted by Crippen LogP contribution is 2.30. The molecule has 0 atom stereocenters. The standard InChI is InChI=1S/C22H21F2N3O3/c1-2-29-20-14-16(8-10-19(20)30-22(23)24)9-11-21(28)26-18-7-4-3-6-17(18)15-27-13-5-12-25-27/h3-14,22H,2,15H2,1H3,(H,26,28)/b11-9+. The molecule has 0 aliphatic heterocycles. The van der Waals surface area contributed by atoms with E-state index in [4.69, 9.17) is 4.74 Å². The lowest BCUT2D eigenvalue weighted by molar-refractivity contribution is -0.111. The van der Waals surface area contributed by atoms with Crippen LogP contribution >= 0.6 is 0 Å². The number of halogens is 2. The van der Waals surface area contributed by atoms with Crippen molar-refractivity contribution in [3.05, 3.63) is 78.1 Å². The molecule has 2 aromatic carbocycles. The van der Waals surface area contributed by atoms with Crippen molar-refractivity contribution in [3.63, 3.8) is 0 Å². The number of benzene rings is 2. The number of hydrogen-bond donors (Lipinski definition) is 1. The minimum Gasteiger partial charge on any atom is -0.490 e. The minimum absolute atomic E-state index is 0.0546. The number of amides is 1. The van der Waals surface area contributed by atoms with Gasteiger partial charge in [0, 0.05) is 24.2 Å². The Morgan fingerprint density at radius 2 is 2.03 bits per heavy atom. The summed E-state index contributed by atoms with van der Waals surface area (Å²) in [5.74, 6) is -0.195. The number of nitrogens with one attached hydrogen (secondary N) is 1. The van der Waals surface area contributed by atoms with Gasteiger partial charge in [-0.3, -0.25) is 9.48 Å². The van der Waals surface area contributed by atoms with Crippen molar-refractivity contribution in [2.24, 2.45) is 0 Å². The molecule has 0 fully saturated rings. The number of alkyl halides is 2. The molecule has 1 heterocycles. The Bertz CT molecular complexity index is 1000. The number of hydrogen-bond acceptors (Lipinski definition) is 4. The van der Waals surface area contributed by atoms with Crippen LogP contribution < -0.4 is 14.8 Å². The first-order valence-corrected chi connectivity index (χ1v) is 9.31. The third-order valence-electron chi connectivity index (χ3n) is 4.08. The summed E-state index contributed by atoms with van der Waals surface area (Å²) in [6.45, 7) is -0.391. The average molecular weight is 413 g/mol. The molecule has 0 aliphatic rings. The highest BCUT2D eigenvalue weighted by Gasteiger charge is 2.11. The van der Waals surface area contributed by atoms with E-state index in [2.05, 4.69) is 15.2 Å². The number of carbonyl (C=O) groups is 1. The van der Waals surface area contributed by atoms with Gasteiger partial charge in [-0.2, -0.15) is 13.9 Å². The first kappa shape index (κ1) is 21.0. The van der Waals surface area contributed by atoms with Crippen LogP contribution in [0.1, 0.15) is 18.1 Å². The fourth-order valence-corrected chi connectivity index (χ4v) is 2.78. The molecule has 0 saturated heterocycles. The van der Waals surface area contributed by atoms with E-state index in [-0.39, 0.29) is 17.4 Å². The molecule has 0 saturated carbocycles. The molecule has 3 rings (SSSR count). The number of nitrogens with zero attached hydrogens (tertiary/aromatic N) is 2. The number of aromatic nitrogens is 2. The Labute approximate surface area is 172 Å². The zero-order valence-electron chi connectivity index (χ0n) is 16.3. The van der Waals surface area contributed by atoms with E-state index in [0.717, 1.165) is 5.56 Å². The Morgan fingerprint density at radius 1 is 1.20 bits per heavy atom. The van der Waals surface area contributed by atoms with Gasteiger partial charge in [0.05, 0.1) is 13.2 Å². The van der Waals surface area contributed by atoms with Gasteiger partial charge in [0.1, 0.15) is 0 Å². The topological polar surface area (TPSA) is 65.4 Å². The molecule has 1 N–H and O–H groups in total. The third kappa shape index (κ3) is 5.91. The number of carbonyl (C=O) groups excluding carboxylic acids is 1. The van der Waals surface area contributed by atoms with E-state index >= 15 is 0 Å². The van der Waals surface area contributed by atoms with Gasteiger partial charge < -0.3 is 14.8 Å². The molecule has 156 valence electrons. The molecule has 30 heavy (non-hydrogen) atoms. The number of rotatable bonds is 9. The zero-order valence-corrected chi connectivity index (χ0v) is 16.3. The second-order valence-corrected chi connectivity index (χ2v) is 6.20. The molecule has 8 heteroatoms. The Kier molecular flexibility index (Phi) is 7.15. The second kappa shape index (κ2) is 10.2. The lowest BCUT2D eigenvalue weighted by Crippen LogP contribution is -2.11. The zero-order chi connectivity index (χ0) is 21.3. The maximum Gasteiger partial charge on any atom is 0.387 e. The van der Waals surface area contributed by atoms with Crippen molar-refractivity contribution in [3.8, 4) is 11.5 Å². The van der Waals surface area contributed by atoms with Crippen molar-refractivity contribution in [1.29, 1.82) is 0 Å². The summed E-state index contributed by atoms with van der Waals surface area (Å²) < 4.78 is 36.6. The second-order valence-electron chi connectivity index (χ2n) is 6.20. The Balaban J connectivity index is 1.70. The number of ether oxygens (including phenoxy) is 2. The molecule has 0 radical (unpaired) electrons. The summed E-state index contributed by atoms with van der Waals surface area (Å²) in [7, 11) is 0. The average Bonchev–Trinajstić information content (AvgIpc) is 3.22. The maximum absolute atomic E-state index is 12.5. The van der Waals surface area contributed by atoms with Crippen LogP contribution in [0.3, 0.4) is 0 Å². The maximum atomic E-state index is 12.5. The SMILES string of the molecule is CCOc1cc(/C=C/C(=O)Nc2ccccc2Cn2cccn2)ccc1OC(F)F. The van der Waals surface area contributed by atoms with Gasteiger partial charge in [0.2, 0.25) is 5.91 Å².